The second-order valence-corrected chi connectivity index (χ2v) is 10.9. The molecule has 4 aromatic rings. The first-order chi connectivity index (χ1) is 16.6. The van der Waals surface area contributed by atoms with Gasteiger partial charge in [0.25, 0.3) is 0 Å². The zero-order valence-corrected chi connectivity index (χ0v) is 22.3. The number of nitrogens with zero attached hydrogens (tertiary/aromatic N) is 4. The zero-order chi connectivity index (χ0) is 23.9. The SMILES string of the molecule is CCCN(C)Cc1nc(-c2ccc(-c3ccc(-c4cnc(CN(C)CCC)s4)cc3)cc2)cs1. The van der Waals surface area contributed by atoms with Crippen molar-refractivity contribution < 1.29 is 0 Å². The van der Waals surface area contributed by atoms with Gasteiger partial charge in [-0.3, -0.25) is 9.80 Å². The first-order valence-corrected chi connectivity index (χ1v) is 13.7. The van der Waals surface area contributed by atoms with E-state index in [1.54, 1.807) is 22.7 Å². The van der Waals surface area contributed by atoms with Crippen molar-refractivity contribution in [2.45, 2.75) is 39.8 Å². The van der Waals surface area contributed by atoms with Gasteiger partial charge in [-0.05, 0) is 56.7 Å². The smallest absolute Gasteiger partial charge is 0.107 e. The quantitative estimate of drug-likeness (QED) is 0.221. The van der Waals surface area contributed by atoms with Gasteiger partial charge in [-0.25, -0.2) is 9.97 Å². The Kier molecular flexibility index (Phi) is 8.62. The molecule has 0 radical (unpaired) electrons. The van der Waals surface area contributed by atoms with Crippen LogP contribution >= 0.6 is 22.7 Å². The molecule has 0 unspecified atom stereocenters. The first kappa shape index (κ1) is 24.7. The monoisotopic (exact) mass is 490 g/mol. The van der Waals surface area contributed by atoms with E-state index in [2.05, 4.69) is 96.6 Å². The molecule has 2 heterocycles. The molecule has 0 aliphatic rings. The highest BCUT2D eigenvalue weighted by Crippen LogP contribution is 2.30. The average Bonchev–Trinajstić information content (AvgIpc) is 3.49. The minimum absolute atomic E-state index is 0.916. The molecule has 0 N–H and O–H groups in total. The molecule has 0 amide bonds. The molecular weight excluding hydrogens is 456 g/mol. The lowest BCUT2D eigenvalue weighted by atomic mass is 10.0. The van der Waals surface area contributed by atoms with E-state index in [1.807, 2.05) is 6.20 Å². The van der Waals surface area contributed by atoms with Crippen LogP contribution in [-0.4, -0.2) is 47.0 Å². The van der Waals surface area contributed by atoms with Crippen LogP contribution in [-0.2, 0) is 13.1 Å². The second kappa shape index (κ2) is 11.8. The molecular formula is C28H34N4S2. The van der Waals surface area contributed by atoms with Gasteiger partial charge in [-0.1, -0.05) is 62.4 Å². The third-order valence-corrected chi connectivity index (χ3v) is 7.67. The maximum absolute atomic E-state index is 4.85. The first-order valence-electron chi connectivity index (χ1n) is 12.0. The molecule has 178 valence electrons. The lowest BCUT2D eigenvalue weighted by Crippen LogP contribution is -2.18. The highest BCUT2D eigenvalue weighted by Gasteiger charge is 2.09. The third kappa shape index (κ3) is 6.39. The van der Waals surface area contributed by atoms with E-state index in [0.717, 1.165) is 31.9 Å². The zero-order valence-electron chi connectivity index (χ0n) is 20.6. The highest BCUT2D eigenvalue weighted by atomic mass is 32.1. The molecule has 0 saturated carbocycles. The van der Waals surface area contributed by atoms with E-state index in [4.69, 9.17) is 4.98 Å². The molecule has 0 fully saturated rings. The van der Waals surface area contributed by atoms with Crippen molar-refractivity contribution >= 4 is 22.7 Å². The Morgan fingerprint density at radius 1 is 0.706 bits per heavy atom. The summed E-state index contributed by atoms with van der Waals surface area (Å²) in [6.45, 7) is 8.45. The number of hydrogen-bond acceptors (Lipinski definition) is 6. The van der Waals surface area contributed by atoms with Crippen LogP contribution in [0, 0.1) is 0 Å². The van der Waals surface area contributed by atoms with Crippen molar-refractivity contribution in [2.24, 2.45) is 0 Å². The number of benzene rings is 2. The molecule has 34 heavy (non-hydrogen) atoms. The summed E-state index contributed by atoms with van der Waals surface area (Å²) in [6.07, 6.45) is 4.34. The Morgan fingerprint density at radius 3 is 1.82 bits per heavy atom. The van der Waals surface area contributed by atoms with Gasteiger partial charge in [0.2, 0.25) is 0 Å². The highest BCUT2D eigenvalue weighted by molar-refractivity contribution is 7.15. The van der Waals surface area contributed by atoms with E-state index in [1.165, 1.54) is 50.0 Å². The number of rotatable bonds is 11. The molecule has 0 atom stereocenters. The summed E-state index contributed by atoms with van der Waals surface area (Å²) in [4.78, 5) is 15.4. The van der Waals surface area contributed by atoms with Crippen molar-refractivity contribution in [1.82, 2.24) is 19.8 Å². The minimum atomic E-state index is 0.916. The molecule has 2 aromatic carbocycles. The predicted molar refractivity (Wildman–Crippen MR) is 147 cm³/mol. The maximum Gasteiger partial charge on any atom is 0.107 e. The van der Waals surface area contributed by atoms with Gasteiger partial charge in [0.15, 0.2) is 0 Å². The van der Waals surface area contributed by atoms with Gasteiger partial charge in [-0.2, -0.15) is 0 Å². The van der Waals surface area contributed by atoms with Crippen LogP contribution in [0.5, 0.6) is 0 Å². The molecule has 4 nitrogen and oxygen atoms in total. The van der Waals surface area contributed by atoms with Gasteiger partial charge in [0.1, 0.15) is 10.0 Å². The topological polar surface area (TPSA) is 32.3 Å². The van der Waals surface area contributed by atoms with E-state index in [9.17, 15) is 0 Å². The lowest BCUT2D eigenvalue weighted by Gasteiger charge is -2.12. The molecule has 0 aliphatic heterocycles. The van der Waals surface area contributed by atoms with Crippen molar-refractivity contribution in [1.29, 1.82) is 0 Å². The fourth-order valence-electron chi connectivity index (χ4n) is 4.08. The second-order valence-electron chi connectivity index (χ2n) is 8.88. The van der Waals surface area contributed by atoms with E-state index >= 15 is 0 Å². The normalized spacial score (nSPS) is 11.6. The average molecular weight is 491 g/mol. The summed E-state index contributed by atoms with van der Waals surface area (Å²) in [5, 5.41) is 4.52. The van der Waals surface area contributed by atoms with Crippen molar-refractivity contribution in [2.75, 3.05) is 27.2 Å². The maximum atomic E-state index is 4.85. The standard InChI is InChI=1S/C28H34N4S2/c1-5-15-31(3)18-27-29-17-26(34-27)24-13-9-22(10-14-24)21-7-11-23(12-8-21)25-20-33-28(30-25)19-32(4)16-6-2/h7-14,17,20H,5-6,15-16,18-19H2,1-4H3. The Balaban J connectivity index is 1.41. The number of hydrogen-bond donors (Lipinski definition) is 0. The summed E-state index contributed by atoms with van der Waals surface area (Å²) in [7, 11) is 4.31. The Labute approximate surface area is 211 Å². The van der Waals surface area contributed by atoms with Crippen molar-refractivity contribution in [3.8, 4) is 32.8 Å². The van der Waals surface area contributed by atoms with Crippen LogP contribution in [0.1, 0.15) is 36.7 Å². The van der Waals surface area contributed by atoms with Crippen LogP contribution in [0.2, 0.25) is 0 Å². The Hall–Kier alpha value is -2.38. The van der Waals surface area contributed by atoms with E-state index in [-0.39, 0.29) is 0 Å². The summed E-state index contributed by atoms with van der Waals surface area (Å²) in [5.41, 5.74) is 5.91. The van der Waals surface area contributed by atoms with Crippen molar-refractivity contribution in [3.05, 3.63) is 70.1 Å². The van der Waals surface area contributed by atoms with E-state index in [0.29, 0.717) is 0 Å². The summed E-state index contributed by atoms with van der Waals surface area (Å²) in [5.74, 6) is 0. The molecule has 0 saturated heterocycles. The van der Waals surface area contributed by atoms with Crippen LogP contribution < -0.4 is 0 Å². The Morgan fingerprint density at radius 2 is 1.24 bits per heavy atom. The number of aromatic nitrogens is 2. The summed E-state index contributed by atoms with van der Waals surface area (Å²) in [6, 6.07) is 17.6. The Bertz CT molecular complexity index is 1070. The van der Waals surface area contributed by atoms with Gasteiger partial charge >= 0.3 is 0 Å². The fourth-order valence-corrected chi connectivity index (χ4v) is 5.96. The number of thiazole rings is 2. The van der Waals surface area contributed by atoms with Gasteiger partial charge in [0.05, 0.1) is 23.7 Å². The van der Waals surface area contributed by atoms with Crippen molar-refractivity contribution in [3.63, 3.8) is 0 Å². The molecule has 2 aromatic heterocycles. The fraction of sp³-hybridized carbons (Fsp3) is 0.357. The van der Waals surface area contributed by atoms with Gasteiger partial charge in [-0.15, -0.1) is 22.7 Å². The van der Waals surface area contributed by atoms with Gasteiger partial charge < -0.3 is 0 Å². The summed E-state index contributed by atoms with van der Waals surface area (Å²) < 4.78 is 0. The lowest BCUT2D eigenvalue weighted by molar-refractivity contribution is 0.327. The molecule has 0 aliphatic carbocycles. The molecule has 0 spiro atoms. The van der Waals surface area contributed by atoms with E-state index < -0.39 is 0 Å². The molecule has 0 bridgehead atoms. The van der Waals surface area contributed by atoms with Crippen LogP contribution in [0.4, 0.5) is 0 Å². The van der Waals surface area contributed by atoms with Gasteiger partial charge in [0, 0.05) is 17.1 Å². The molecule has 4 rings (SSSR count). The minimum Gasteiger partial charge on any atom is -0.300 e. The summed E-state index contributed by atoms with van der Waals surface area (Å²) >= 11 is 3.53. The van der Waals surface area contributed by atoms with Crippen LogP contribution in [0.25, 0.3) is 32.8 Å². The third-order valence-electron chi connectivity index (χ3n) is 5.81. The predicted octanol–water partition coefficient (Wildman–Crippen LogP) is 7.28. The largest absolute Gasteiger partial charge is 0.300 e. The van der Waals surface area contributed by atoms with Crippen LogP contribution in [0.3, 0.4) is 0 Å². The van der Waals surface area contributed by atoms with Crippen LogP contribution in [0.15, 0.2) is 60.1 Å². The molecule has 6 heteroatoms.